The predicted octanol–water partition coefficient (Wildman–Crippen LogP) is 5.17. The third kappa shape index (κ3) is 3.79. The highest BCUT2D eigenvalue weighted by Crippen LogP contribution is 2.41. The molecule has 2 aliphatic rings. The Hall–Kier alpha value is -2.53. The standard InChI is InChI=1S/C25H32N2O3/c1-4-18(3)30-20-14-12-19(13-15-20)25(5-2)26-23-11-7-6-10-22(23)24(28)27(25)17-21-9-8-16-29-21/h6-7,10-15,18,21,26H,4-5,8-9,16-17H2,1-3H3. The van der Waals surface area contributed by atoms with Crippen LogP contribution in [0.15, 0.2) is 48.5 Å². The van der Waals surface area contributed by atoms with Crippen LogP contribution < -0.4 is 10.1 Å². The summed E-state index contributed by atoms with van der Waals surface area (Å²) in [6.07, 6.45) is 4.01. The second kappa shape index (κ2) is 8.68. The van der Waals surface area contributed by atoms with Gasteiger partial charge in [0.1, 0.15) is 11.4 Å². The molecule has 1 saturated heterocycles. The van der Waals surface area contributed by atoms with Gasteiger partial charge in [-0.15, -0.1) is 0 Å². The number of anilines is 1. The monoisotopic (exact) mass is 408 g/mol. The first-order chi connectivity index (χ1) is 14.6. The highest BCUT2D eigenvalue weighted by Gasteiger charge is 2.45. The van der Waals surface area contributed by atoms with Gasteiger partial charge in [-0.3, -0.25) is 4.79 Å². The van der Waals surface area contributed by atoms with E-state index in [9.17, 15) is 4.79 Å². The van der Waals surface area contributed by atoms with Crippen molar-refractivity contribution in [3.8, 4) is 5.75 Å². The molecule has 2 aliphatic heterocycles. The van der Waals surface area contributed by atoms with E-state index in [-0.39, 0.29) is 18.1 Å². The molecule has 0 aromatic heterocycles. The molecule has 4 rings (SSSR count). The highest BCUT2D eigenvalue weighted by molar-refractivity contribution is 6.02. The predicted molar refractivity (Wildman–Crippen MR) is 119 cm³/mol. The summed E-state index contributed by atoms with van der Waals surface area (Å²) in [6, 6.07) is 16.0. The number of ether oxygens (including phenoxy) is 2. The molecule has 2 aromatic rings. The van der Waals surface area contributed by atoms with Crippen LogP contribution in [0.3, 0.4) is 0 Å². The number of amides is 1. The Morgan fingerprint density at radius 3 is 2.63 bits per heavy atom. The molecule has 2 heterocycles. The molecule has 160 valence electrons. The first-order valence-electron chi connectivity index (χ1n) is 11.2. The molecule has 2 aromatic carbocycles. The molecule has 30 heavy (non-hydrogen) atoms. The molecular weight excluding hydrogens is 376 g/mol. The lowest BCUT2D eigenvalue weighted by molar-refractivity contribution is 0.0187. The molecule has 0 saturated carbocycles. The van der Waals surface area contributed by atoms with Gasteiger partial charge in [0.05, 0.1) is 17.8 Å². The molecule has 3 unspecified atom stereocenters. The minimum Gasteiger partial charge on any atom is -0.491 e. The zero-order valence-electron chi connectivity index (χ0n) is 18.2. The summed E-state index contributed by atoms with van der Waals surface area (Å²) in [5.74, 6) is 0.911. The van der Waals surface area contributed by atoms with Crippen LogP contribution >= 0.6 is 0 Å². The van der Waals surface area contributed by atoms with Crippen molar-refractivity contribution in [2.24, 2.45) is 0 Å². The lowest BCUT2D eigenvalue weighted by Crippen LogP contribution is -2.59. The van der Waals surface area contributed by atoms with Crippen molar-refractivity contribution in [3.05, 3.63) is 59.7 Å². The minimum atomic E-state index is -0.619. The van der Waals surface area contributed by atoms with Crippen LogP contribution in [0.1, 0.15) is 62.4 Å². The normalized spacial score (nSPS) is 24.3. The second-order valence-corrected chi connectivity index (χ2v) is 8.30. The van der Waals surface area contributed by atoms with E-state index in [1.54, 1.807) is 0 Å². The van der Waals surface area contributed by atoms with Gasteiger partial charge < -0.3 is 19.7 Å². The van der Waals surface area contributed by atoms with Crippen LogP contribution in [0, 0.1) is 0 Å². The van der Waals surface area contributed by atoms with Gasteiger partial charge in [0.2, 0.25) is 0 Å². The quantitative estimate of drug-likeness (QED) is 0.686. The third-order valence-electron chi connectivity index (χ3n) is 6.37. The summed E-state index contributed by atoms with van der Waals surface area (Å²) >= 11 is 0. The van der Waals surface area contributed by atoms with Crippen molar-refractivity contribution < 1.29 is 14.3 Å². The summed E-state index contributed by atoms with van der Waals surface area (Å²) in [7, 11) is 0. The maximum Gasteiger partial charge on any atom is 0.258 e. The van der Waals surface area contributed by atoms with E-state index in [0.717, 1.165) is 54.9 Å². The number of hydrogen-bond donors (Lipinski definition) is 1. The van der Waals surface area contributed by atoms with E-state index in [4.69, 9.17) is 9.47 Å². The van der Waals surface area contributed by atoms with Gasteiger partial charge in [-0.2, -0.15) is 0 Å². The Morgan fingerprint density at radius 1 is 1.20 bits per heavy atom. The molecule has 1 fully saturated rings. The number of carbonyl (C=O) groups excluding carboxylic acids is 1. The van der Waals surface area contributed by atoms with Crippen LogP contribution in [0.4, 0.5) is 5.69 Å². The van der Waals surface area contributed by atoms with E-state index in [2.05, 4.69) is 38.2 Å². The van der Waals surface area contributed by atoms with Crippen molar-refractivity contribution in [2.45, 2.75) is 64.3 Å². The number of hydrogen-bond acceptors (Lipinski definition) is 4. The Morgan fingerprint density at radius 2 is 1.97 bits per heavy atom. The van der Waals surface area contributed by atoms with Crippen LogP contribution in [0.2, 0.25) is 0 Å². The average molecular weight is 409 g/mol. The largest absolute Gasteiger partial charge is 0.491 e. The van der Waals surface area contributed by atoms with Gasteiger partial charge in [0.15, 0.2) is 0 Å². The van der Waals surface area contributed by atoms with Crippen LogP contribution in [-0.2, 0) is 10.4 Å². The van der Waals surface area contributed by atoms with E-state index in [1.807, 2.05) is 41.3 Å². The summed E-state index contributed by atoms with van der Waals surface area (Å²) in [5, 5.41) is 3.71. The van der Waals surface area contributed by atoms with Crippen molar-refractivity contribution in [1.29, 1.82) is 0 Å². The lowest BCUT2D eigenvalue weighted by Gasteiger charge is -2.49. The minimum absolute atomic E-state index is 0.0571. The first-order valence-corrected chi connectivity index (χ1v) is 11.2. The maximum atomic E-state index is 13.6. The molecule has 1 N–H and O–H groups in total. The summed E-state index contributed by atoms with van der Waals surface area (Å²) in [4.78, 5) is 15.6. The maximum absolute atomic E-state index is 13.6. The van der Waals surface area contributed by atoms with Crippen molar-refractivity contribution >= 4 is 11.6 Å². The summed E-state index contributed by atoms with van der Waals surface area (Å²) in [5.41, 5.74) is 2.04. The van der Waals surface area contributed by atoms with Crippen molar-refractivity contribution in [2.75, 3.05) is 18.5 Å². The fourth-order valence-corrected chi connectivity index (χ4v) is 4.45. The van der Waals surface area contributed by atoms with Crippen LogP contribution in [0.5, 0.6) is 5.75 Å². The van der Waals surface area contributed by atoms with Gasteiger partial charge in [-0.25, -0.2) is 0 Å². The molecule has 3 atom stereocenters. The topological polar surface area (TPSA) is 50.8 Å². The van der Waals surface area contributed by atoms with Crippen LogP contribution in [-0.4, -0.2) is 36.2 Å². The number of rotatable bonds is 7. The van der Waals surface area contributed by atoms with Crippen molar-refractivity contribution in [1.82, 2.24) is 4.90 Å². The van der Waals surface area contributed by atoms with E-state index >= 15 is 0 Å². The fraction of sp³-hybridized carbons (Fsp3) is 0.480. The molecule has 0 spiro atoms. The van der Waals surface area contributed by atoms with E-state index in [0.29, 0.717) is 6.54 Å². The molecule has 1 amide bonds. The van der Waals surface area contributed by atoms with Gasteiger partial charge in [-0.1, -0.05) is 38.1 Å². The zero-order chi connectivity index (χ0) is 21.1. The molecule has 0 bridgehead atoms. The summed E-state index contributed by atoms with van der Waals surface area (Å²) in [6.45, 7) is 7.67. The van der Waals surface area contributed by atoms with Crippen molar-refractivity contribution in [3.63, 3.8) is 0 Å². The second-order valence-electron chi connectivity index (χ2n) is 8.30. The SMILES string of the molecule is CCC(C)Oc1ccc(C2(CC)Nc3ccccc3C(=O)N2CC2CCCO2)cc1. The smallest absolute Gasteiger partial charge is 0.258 e. The third-order valence-corrected chi connectivity index (χ3v) is 6.37. The van der Waals surface area contributed by atoms with Gasteiger partial charge in [0.25, 0.3) is 5.91 Å². The number of carbonyl (C=O) groups is 1. The number of para-hydroxylation sites is 1. The fourth-order valence-electron chi connectivity index (χ4n) is 4.45. The Bertz CT molecular complexity index is 876. The molecule has 5 nitrogen and oxygen atoms in total. The van der Waals surface area contributed by atoms with Gasteiger partial charge >= 0.3 is 0 Å². The molecular formula is C25H32N2O3. The first kappa shape index (κ1) is 20.7. The Labute approximate surface area is 179 Å². The molecule has 0 radical (unpaired) electrons. The van der Waals surface area contributed by atoms with Gasteiger partial charge in [0, 0.05) is 18.8 Å². The Kier molecular flexibility index (Phi) is 6.00. The highest BCUT2D eigenvalue weighted by atomic mass is 16.5. The average Bonchev–Trinajstić information content (AvgIpc) is 3.29. The molecule has 0 aliphatic carbocycles. The zero-order valence-corrected chi connectivity index (χ0v) is 18.2. The van der Waals surface area contributed by atoms with Crippen LogP contribution in [0.25, 0.3) is 0 Å². The van der Waals surface area contributed by atoms with E-state index in [1.165, 1.54) is 0 Å². The number of nitrogens with one attached hydrogen (secondary N) is 1. The molecule has 5 heteroatoms. The lowest BCUT2D eigenvalue weighted by atomic mass is 9.89. The number of nitrogens with zero attached hydrogens (tertiary/aromatic N) is 1. The Balaban J connectivity index is 1.72. The van der Waals surface area contributed by atoms with E-state index < -0.39 is 5.66 Å². The number of benzene rings is 2. The van der Waals surface area contributed by atoms with Gasteiger partial charge in [-0.05, 0) is 62.4 Å². The summed E-state index contributed by atoms with van der Waals surface area (Å²) < 4.78 is 11.9. The number of fused-ring (bicyclic) bond motifs is 1.